The maximum atomic E-state index is 12.8. The molecule has 3 nitrogen and oxygen atoms in total. The minimum Gasteiger partial charge on any atom is -0.497 e. The van der Waals surface area contributed by atoms with Crippen molar-refractivity contribution in [2.24, 2.45) is 46.3 Å². The summed E-state index contributed by atoms with van der Waals surface area (Å²) >= 11 is 0. The molecular weight excluding hydrogens is 468 g/mol. The van der Waals surface area contributed by atoms with Crippen LogP contribution < -0.4 is 4.74 Å². The second-order valence-corrected chi connectivity index (χ2v) is 13.9. The van der Waals surface area contributed by atoms with E-state index in [-0.39, 0.29) is 17.5 Å². The Morgan fingerprint density at radius 2 is 1.79 bits per heavy atom. The molecule has 8 atom stereocenters. The van der Waals surface area contributed by atoms with Gasteiger partial charge >= 0.3 is 5.97 Å². The summed E-state index contributed by atoms with van der Waals surface area (Å²) in [5, 5.41) is 0. The molecule has 3 saturated carbocycles. The molecule has 1 aromatic carbocycles. The molecule has 4 aliphatic carbocycles. The fourth-order valence-corrected chi connectivity index (χ4v) is 9.28. The standard InChI is InChI=1S/C35H50O3/c1-23(2)8-7-9-24(3)30-16-17-31-29-15-12-26-22-28(38-33(36)25-10-13-27(37-6)14-11-25)18-20-34(26,4)32(29)19-21-35(30,31)5/h7,9-14,23-24,28-32H,8,15-22H2,1-6H3/b9-7+/t24-,28-,29+,30-,31+,32+,34+,35-/m1/s1. The molecule has 0 radical (unpaired) electrons. The van der Waals surface area contributed by atoms with Gasteiger partial charge in [-0.3, -0.25) is 0 Å². The van der Waals surface area contributed by atoms with Crippen LogP contribution in [0.2, 0.25) is 0 Å². The third-order valence-corrected chi connectivity index (χ3v) is 11.4. The predicted octanol–water partition coefficient (Wildman–Crippen LogP) is 9.04. The molecule has 0 N–H and O–H groups in total. The number of fused-ring (bicyclic) bond motifs is 5. The van der Waals surface area contributed by atoms with Gasteiger partial charge in [0.15, 0.2) is 0 Å². The Morgan fingerprint density at radius 3 is 2.50 bits per heavy atom. The van der Waals surface area contributed by atoms with Crippen molar-refractivity contribution in [1.82, 2.24) is 0 Å². The molecule has 5 rings (SSSR count). The zero-order chi connectivity index (χ0) is 27.1. The molecule has 0 aromatic heterocycles. The summed E-state index contributed by atoms with van der Waals surface area (Å²) in [5.41, 5.74) is 2.93. The lowest BCUT2D eigenvalue weighted by Crippen LogP contribution is -2.51. The summed E-state index contributed by atoms with van der Waals surface area (Å²) in [6.45, 7) is 12.3. The Labute approximate surface area is 231 Å². The van der Waals surface area contributed by atoms with Crippen molar-refractivity contribution in [3.63, 3.8) is 0 Å². The van der Waals surface area contributed by atoms with E-state index < -0.39 is 0 Å². The molecular formula is C35H50O3. The van der Waals surface area contributed by atoms with Gasteiger partial charge in [-0.2, -0.15) is 0 Å². The summed E-state index contributed by atoms with van der Waals surface area (Å²) in [6, 6.07) is 7.25. The van der Waals surface area contributed by atoms with Crippen molar-refractivity contribution >= 4 is 5.97 Å². The second kappa shape index (κ2) is 10.9. The van der Waals surface area contributed by atoms with Gasteiger partial charge in [0.2, 0.25) is 0 Å². The van der Waals surface area contributed by atoms with Crippen LogP contribution in [0.1, 0.15) is 103 Å². The number of esters is 1. The topological polar surface area (TPSA) is 35.5 Å². The van der Waals surface area contributed by atoms with E-state index in [2.05, 4.69) is 52.8 Å². The molecule has 208 valence electrons. The van der Waals surface area contributed by atoms with E-state index in [4.69, 9.17) is 9.47 Å². The maximum absolute atomic E-state index is 12.8. The molecule has 0 amide bonds. The third-order valence-electron chi connectivity index (χ3n) is 11.4. The number of hydrogen-bond acceptors (Lipinski definition) is 3. The van der Waals surface area contributed by atoms with Crippen molar-refractivity contribution in [3.05, 3.63) is 53.6 Å². The van der Waals surface area contributed by atoms with Gasteiger partial charge in [-0.1, -0.05) is 58.4 Å². The number of carbonyl (C=O) groups is 1. The molecule has 38 heavy (non-hydrogen) atoms. The van der Waals surface area contributed by atoms with Gasteiger partial charge in [0.25, 0.3) is 0 Å². The lowest BCUT2D eigenvalue weighted by molar-refractivity contribution is -0.0565. The molecule has 0 heterocycles. The molecule has 1 aromatic rings. The summed E-state index contributed by atoms with van der Waals surface area (Å²) in [7, 11) is 1.64. The monoisotopic (exact) mass is 518 g/mol. The SMILES string of the molecule is COc1ccc(C(=O)O[C@@H]2CC[C@@]3(C)C(=CC[C@H]4[C@@H]5CC[C@H]([C@H](C)/C=C/CC(C)C)[C@@]5(C)CC[C@@H]43)C2)cc1. The van der Waals surface area contributed by atoms with Crippen LogP contribution in [0, 0.1) is 46.3 Å². The number of carbonyl (C=O) groups excluding carboxylic acids is 1. The highest BCUT2D eigenvalue weighted by Gasteiger charge is 2.59. The van der Waals surface area contributed by atoms with E-state index in [1.165, 1.54) is 38.5 Å². The maximum Gasteiger partial charge on any atom is 0.338 e. The Kier molecular flexibility index (Phi) is 7.87. The number of ether oxygens (including phenoxy) is 2. The zero-order valence-corrected chi connectivity index (χ0v) is 24.7. The number of methoxy groups -OCH3 is 1. The summed E-state index contributed by atoms with van der Waals surface area (Å²) in [4.78, 5) is 12.8. The van der Waals surface area contributed by atoms with E-state index in [1.807, 2.05) is 12.1 Å². The number of rotatable bonds is 7. The predicted molar refractivity (Wildman–Crippen MR) is 155 cm³/mol. The zero-order valence-electron chi connectivity index (χ0n) is 24.7. The van der Waals surface area contributed by atoms with Gasteiger partial charge in [0.1, 0.15) is 11.9 Å². The van der Waals surface area contributed by atoms with Crippen LogP contribution >= 0.6 is 0 Å². The average Bonchev–Trinajstić information content (AvgIpc) is 3.26. The molecule has 0 unspecified atom stereocenters. The first kappa shape index (κ1) is 27.5. The Balaban J connectivity index is 1.25. The van der Waals surface area contributed by atoms with Crippen molar-refractivity contribution < 1.29 is 14.3 Å². The lowest BCUT2D eigenvalue weighted by Gasteiger charge is -2.58. The quantitative estimate of drug-likeness (QED) is 0.267. The van der Waals surface area contributed by atoms with E-state index in [9.17, 15) is 4.79 Å². The molecule has 0 bridgehead atoms. The average molecular weight is 519 g/mol. The van der Waals surface area contributed by atoms with Crippen LogP contribution in [0.3, 0.4) is 0 Å². The van der Waals surface area contributed by atoms with Gasteiger partial charge in [0.05, 0.1) is 12.7 Å². The third kappa shape index (κ3) is 5.00. The van der Waals surface area contributed by atoms with Crippen molar-refractivity contribution in [2.45, 2.75) is 98.5 Å². The van der Waals surface area contributed by atoms with Crippen molar-refractivity contribution in [2.75, 3.05) is 7.11 Å². The first-order valence-corrected chi connectivity index (χ1v) is 15.4. The number of benzene rings is 1. The molecule has 4 aliphatic rings. The first-order chi connectivity index (χ1) is 18.2. The van der Waals surface area contributed by atoms with Crippen LogP contribution in [0.5, 0.6) is 5.75 Å². The van der Waals surface area contributed by atoms with Gasteiger partial charge in [-0.05, 0) is 122 Å². The first-order valence-electron chi connectivity index (χ1n) is 15.4. The van der Waals surface area contributed by atoms with Crippen LogP contribution in [0.15, 0.2) is 48.1 Å². The van der Waals surface area contributed by atoms with Gasteiger partial charge in [0, 0.05) is 6.42 Å². The summed E-state index contributed by atoms with van der Waals surface area (Å²) in [5.74, 6) is 5.24. The van der Waals surface area contributed by atoms with E-state index in [1.54, 1.807) is 24.8 Å². The number of hydrogen-bond donors (Lipinski definition) is 0. The molecule has 0 spiro atoms. The molecule has 0 saturated heterocycles. The van der Waals surface area contributed by atoms with Crippen LogP contribution in [-0.4, -0.2) is 19.2 Å². The fraction of sp³-hybridized carbons (Fsp3) is 0.686. The summed E-state index contributed by atoms with van der Waals surface area (Å²) < 4.78 is 11.2. The lowest BCUT2D eigenvalue weighted by atomic mass is 9.47. The van der Waals surface area contributed by atoms with Gasteiger partial charge in [-0.25, -0.2) is 4.79 Å². The highest BCUT2D eigenvalue weighted by molar-refractivity contribution is 5.89. The van der Waals surface area contributed by atoms with E-state index in [0.29, 0.717) is 16.9 Å². The molecule has 3 heteroatoms. The van der Waals surface area contributed by atoms with Gasteiger partial charge < -0.3 is 9.47 Å². The normalized spacial score (nSPS) is 37.2. The van der Waals surface area contributed by atoms with Crippen LogP contribution in [0.25, 0.3) is 0 Å². The summed E-state index contributed by atoms with van der Waals surface area (Å²) in [6.07, 6.45) is 18.6. The van der Waals surface area contributed by atoms with Crippen molar-refractivity contribution in [3.8, 4) is 5.75 Å². The van der Waals surface area contributed by atoms with Crippen molar-refractivity contribution in [1.29, 1.82) is 0 Å². The Morgan fingerprint density at radius 1 is 1.03 bits per heavy atom. The minimum absolute atomic E-state index is 0.0105. The second-order valence-electron chi connectivity index (χ2n) is 13.9. The Hall–Kier alpha value is -2.03. The number of allylic oxidation sites excluding steroid dienone is 3. The highest BCUT2D eigenvalue weighted by atomic mass is 16.5. The molecule has 0 aliphatic heterocycles. The van der Waals surface area contributed by atoms with Crippen LogP contribution in [-0.2, 0) is 4.74 Å². The van der Waals surface area contributed by atoms with Gasteiger partial charge in [-0.15, -0.1) is 0 Å². The smallest absolute Gasteiger partial charge is 0.338 e. The Bertz CT molecular complexity index is 1050. The van der Waals surface area contributed by atoms with E-state index in [0.717, 1.165) is 54.6 Å². The van der Waals surface area contributed by atoms with Crippen LogP contribution in [0.4, 0.5) is 0 Å². The van der Waals surface area contributed by atoms with E-state index >= 15 is 0 Å². The molecule has 3 fully saturated rings. The fourth-order valence-electron chi connectivity index (χ4n) is 9.28. The minimum atomic E-state index is -0.211. The largest absolute Gasteiger partial charge is 0.497 e. The highest BCUT2D eigenvalue weighted by Crippen LogP contribution is 2.67.